The van der Waals surface area contributed by atoms with Crippen LogP contribution >= 0.6 is 23.1 Å². The Hall–Kier alpha value is -2.58. The SMILES string of the molecule is [2H]C([2H])([2H])C([2H])([2H])c1nsc(NC(=O)Cc2ccc(Oc3ccc(C(F)(F)F)cc3)cc2)c1Cl. The third kappa shape index (κ3) is 5.48. The largest absolute Gasteiger partial charge is 0.457 e. The highest BCUT2D eigenvalue weighted by Gasteiger charge is 2.30. The Kier molecular flexibility index (Phi) is 4.66. The molecule has 0 aliphatic heterocycles. The fraction of sp³-hybridized carbons (Fsp3) is 0.200. The molecular weight excluding hydrogens is 425 g/mol. The second kappa shape index (κ2) is 8.84. The number of carbonyl (C=O) groups excluding carboxylic acids is 1. The molecule has 1 heterocycles. The van der Waals surface area contributed by atoms with Gasteiger partial charge in [0.1, 0.15) is 16.5 Å². The van der Waals surface area contributed by atoms with Gasteiger partial charge in [-0.1, -0.05) is 30.6 Å². The monoisotopic (exact) mass is 445 g/mol. The van der Waals surface area contributed by atoms with Crippen molar-refractivity contribution in [1.82, 2.24) is 4.37 Å². The summed E-state index contributed by atoms with van der Waals surface area (Å²) in [7, 11) is 0. The molecule has 29 heavy (non-hydrogen) atoms. The van der Waals surface area contributed by atoms with Crippen LogP contribution in [0, 0.1) is 0 Å². The van der Waals surface area contributed by atoms with Crippen molar-refractivity contribution < 1.29 is 29.6 Å². The summed E-state index contributed by atoms with van der Waals surface area (Å²) in [4.78, 5) is 12.4. The first-order chi connectivity index (χ1) is 15.7. The van der Waals surface area contributed by atoms with E-state index in [2.05, 4.69) is 9.69 Å². The van der Waals surface area contributed by atoms with Crippen molar-refractivity contribution in [2.45, 2.75) is 25.8 Å². The minimum Gasteiger partial charge on any atom is -0.457 e. The molecule has 0 saturated carbocycles. The highest BCUT2D eigenvalue weighted by atomic mass is 35.5. The van der Waals surface area contributed by atoms with Crippen molar-refractivity contribution in [2.75, 3.05) is 5.32 Å². The molecule has 3 aromatic rings. The summed E-state index contributed by atoms with van der Waals surface area (Å²) in [5, 5.41) is 2.23. The van der Waals surface area contributed by atoms with Gasteiger partial charge < -0.3 is 10.1 Å². The average molecular weight is 446 g/mol. The Balaban J connectivity index is 1.61. The molecule has 0 atom stereocenters. The molecule has 4 nitrogen and oxygen atoms in total. The van der Waals surface area contributed by atoms with Crippen LogP contribution in [0.25, 0.3) is 0 Å². The number of amides is 1. The Morgan fingerprint density at radius 1 is 1.21 bits per heavy atom. The van der Waals surface area contributed by atoms with Gasteiger partial charge in [0.25, 0.3) is 0 Å². The van der Waals surface area contributed by atoms with Gasteiger partial charge in [0.15, 0.2) is 0 Å². The summed E-state index contributed by atoms with van der Waals surface area (Å²) in [6.45, 7) is -2.99. The van der Waals surface area contributed by atoms with Gasteiger partial charge in [-0.25, -0.2) is 0 Å². The smallest absolute Gasteiger partial charge is 0.416 e. The zero-order valence-corrected chi connectivity index (χ0v) is 16.1. The molecule has 0 saturated heterocycles. The van der Waals surface area contributed by atoms with Crippen LogP contribution in [0.3, 0.4) is 0 Å². The molecule has 0 aliphatic carbocycles. The van der Waals surface area contributed by atoms with Gasteiger partial charge in [0.2, 0.25) is 5.91 Å². The molecule has 1 aromatic heterocycles. The molecular formula is C20H16ClF3N2O2S. The number of rotatable bonds is 6. The van der Waals surface area contributed by atoms with E-state index >= 15 is 0 Å². The summed E-state index contributed by atoms with van der Waals surface area (Å²) in [6.07, 6.45) is -7.31. The highest BCUT2D eigenvalue weighted by Crippen LogP contribution is 2.32. The van der Waals surface area contributed by atoms with Gasteiger partial charge in [0.05, 0.1) is 22.7 Å². The first-order valence-corrected chi connectivity index (χ1v) is 9.23. The summed E-state index contributed by atoms with van der Waals surface area (Å²) in [5.74, 6) is 0.0694. The van der Waals surface area contributed by atoms with Gasteiger partial charge in [0, 0.05) is 6.85 Å². The molecule has 0 radical (unpaired) electrons. The Morgan fingerprint density at radius 2 is 1.83 bits per heavy atom. The van der Waals surface area contributed by atoms with Crippen LogP contribution in [0.4, 0.5) is 18.2 Å². The number of hydrogen-bond acceptors (Lipinski definition) is 4. The number of benzene rings is 2. The second-order valence-corrected chi connectivity index (χ2v) is 6.94. The van der Waals surface area contributed by atoms with Crippen LogP contribution in [-0.2, 0) is 23.8 Å². The number of halogens is 4. The van der Waals surface area contributed by atoms with E-state index in [0.29, 0.717) is 22.8 Å². The number of nitrogens with one attached hydrogen (secondary N) is 1. The Labute approximate surface area is 181 Å². The van der Waals surface area contributed by atoms with E-state index < -0.39 is 36.6 Å². The fourth-order valence-electron chi connectivity index (χ4n) is 2.31. The minimum absolute atomic E-state index is 0.0250. The van der Waals surface area contributed by atoms with E-state index in [0.717, 1.165) is 12.1 Å². The van der Waals surface area contributed by atoms with E-state index in [1.807, 2.05) is 0 Å². The third-order valence-electron chi connectivity index (χ3n) is 3.71. The number of aromatic nitrogens is 1. The molecule has 0 bridgehead atoms. The molecule has 1 amide bonds. The number of alkyl halides is 3. The average Bonchev–Trinajstić information content (AvgIpc) is 3.09. The van der Waals surface area contributed by atoms with E-state index in [-0.39, 0.29) is 22.2 Å². The van der Waals surface area contributed by atoms with E-state index in [9.17, 15) is 18.0 Å². The van der Waals surface area contributed by atoms with E-state index in [4.69, 9.17) is 23.2 Å². The Morgan fingerprint density at radius 3 is 2.41 bits per heavy atom. The van der Waals surface area contributed by atoms with Crippen LogP contribution in [0.5, 0.6) is 11.5 Å². The molecule has 2 aromatic carbocycles. The van der Waals surface area contributed by atoms with Crippen LogP contribution in [0.2, 0.25) is 5.02 Å². The number of carbonyl (C=O) groups is 1. The lowest BCUT2D eigenvalue weighted by molar-refractivity contribution is -0.137. The quantitative estimate of drug-likeness (QED) is 0.481. The van der Waals surface area contributed by atoms with Crippen LogP contribution in [0.15, 0.2) is 48.5 Å². The third-order valence-corrected chi connectivity index (χ3v) is 4.95. The second-order valence-electron chi connectivity index (χ2n) is 5.79. The maximum absolute atomic E-state index is 12.6. The highest BCUT2D eigenvalue weighted by molar-refractivity contribution is 7.11. The van der Waals surface area contributed by atoms with Crippen LogP contribution in [-0.4, -0.2) is 10.3 Å². The zero-order valence-electron chi connectivity index (χ0n) is 19.5. The fourth-order valence-corrected chi connectivity index (χ4v) is 3.26. The molecule has 9 heteroatoms. The van der Waals surface area contributed by atoms with Crippen molar-refractivity contribution in [1.29, 1.82) is 0 Å². The Bertz CT molecular complexity index is 1170. The molecule has 0 aliphatic rings. The van der Waals surface area contributed by atoms with Gasteiger partial charge >= 0.3 is 6.18 Å². The number of nitrogens with zero attached hydrogens (tertiary/aromatic N) is 1. The number of aryl methyl sites for hydroxylation is 1. The maximum Gasteiger partial charge on any atom is 0.416 e. The molecule has 0 fully saturated rings. The molecule has 1 N–H and O–H groups in total. The lowest BCUT2D eigenvalue weighted by atomic mass is 10.1. The summed E-state index contributed by atoms with van der Waals surface area (Å²) in [6, 6.07) is 10.5. The normalized spacial score (nSPS) is 14.8. The van der Waals surface area contributed by atoms with Gasteiger partial charge in [-0.05, 0) is 59.9 Å². The van der Waals surface area contributed by atoms with Crippen LogP contribution < -0.4 is 10.1 Å². The minimum atomic E-state index is -4.44. The lowest BCUT2D eigenvalue weighted by Crippen LogP contribution is -2.13. The van der Waals surface area contributed by atoms with Gasteiger partial charge in [-0.3, -0.25) is 4.79 Å². The predicted octanol–water partition coefficient (Wildman–Crippen LogP) is 6.35. The number of anilines is 1. The topological polar surface area (TPSA) is 51.2 Å². The van der Waals surface area contributed by atoms with Gasteiger partial charge in [-0.2, -0.15) is 17.5 Å². The van der Waals surface area contributed by atoms with Crippen molar-refractivity contribution in [2.24, 2.45) is 0 Å². The summed E-state index contributed by atoms with van der Waals surface area (Å²) >= 11 is 6.73. The molecule has 152 valence electrons. The maximum atomic E-state index is 12.6. The van der Waals surface area contributed by atoms with Crippen molar-refractivity contribution in [3.05, 3.63) is 70.4 Å². The molecule has 3 rings (SSSR count). The van der Waals surface area contributed by atoms with Crippen LogP contribution in [0.1, 0.15) is 30.5 Å². The molecule has 0 spiro atoms. The predicted molar refractivity (Wildman–Crippen MR) is 107 cm³/mol. The lowest BCUT2D eigenvalue weighted by Gasteiger charge is -2.09. The van der Waals surface area contributed by atoms with Crippen molar-refractivity contribution in [3.63, 3.8) is 0 Å². The molecule has 0 unspecified atom stereocenters. The number of hydrogen-bond donors (Lipinski definition) is 1. The number of ether oxygens (including phenoxy) is 1. The summed E-state index contributed by atoms with van der Waals surface area (Å²) < 4.78 is 84.6. The van der Waals surface area contributed by atoms with E-state index in [1.165, 1.54) is 12.1 Å². The van der Waals surface area contributed by atoms with E-state index in [1.54, 1.807) is 24.3 Å². The van der Waals surface area contributed by atoms with Crippen molar-refractivity contribution >= 4 is 34.0 Å². The van der Waals surface area contributed by atoms with Gasteiger partial charge in [-0.15, -0.1) is 0 Å². The standard InChI is InChI=1S/C20H16ClF3N2O2S/c1-2-16-18(21)19(29-26-16)25-17(27)11-12-3-7-14(8-4-12)28-15-9-5-13(6-10-15)20(22,23)24/h3-10H,2,11H2,1H3,(H,25,27)/i1D3,2D2. The first kappa shape index (κ1) is 15.3. The summed E-state index contributed by atoms with van der Waals surface area (Å²) in [5.41, 5.74) is -0.681. The zero-order chi connectivity index (χ0) is 25.3. The van der Waals surface area contributed by atoms with Crippen molar-refractivity contribution in [3.8, 4) is 11.5 Å². The first-order valence-electron chi connectivity index (χ1n) is 10.6.